The van der Waals surface area contributed by atoms with E-state index in [1.54, 1.807) is 11.8 Å². The summed E-state index contributed by atoms with van der Waals surface area (Å²) in [4.78, 5) is 22.9. The molecular formula is C18H31IN6OS. The van der Waals surface area contributed by atoms with Gasteiger partial charge in [0.2, 0.25) is 5.91 Å². The Labute approximate surface area is 183 Å². The summed E-state index contributed by atoms with van der Waals surface area (Å²) in [6, 6.07) is 4.01. The van der Waals surface area contributed by atoms with Gasteiger partial charge in [-0.3, -0.25) is 4.79 Å². The molecule has 4 N–H and O–H groups in total. The molecular weight excluding hydrogens is 475 g/mol. The fraction of sp³-hybridized carbons (Fsp3) is 0.611. The lowest BCUT2D eigenvalue weighted by Crippen LogP contribution is -2.39. The molecule has 2 rings (SSSR count). The van der Waals surface area contributed by atoms with Gasteiger partial charge in [-0.2, -0.15) is 11.8 Å². The molecule has 7 nitrogen and oxygen atoms in total. The normalized spacial score (nSPS) is 15.2. The Morgan fingerprint density at radius 2 is 2.15 bits per heavy atom. The van der Waals surface area contributed by atoms with Crippen molar-refractivity contribution in [2.75, 3.05) is 43.1 Å². The van der Waals surface area contributed by atoms with Crippen LogP contribution in [0.1, 0.15) is 25.3 Å². The van der Waals surface area contributed by atoms with Crippen LogP contribution in [0.5, 0.6) is 0 Å². The lowest BCUT2D eigenvalue weighted by Gasteiger charge is -2.32. The Kier molecular flexibility index (Phi) is 11.5. The number of guanidine groups is 1. The molecule has 1 aromatic heterocycles. The van der Waals surface area contributed by atoms with Gasteiger partial charge in [-0.1, -0.05) is 6.07 Å². The van der Waals surface area contributed by atoms with E-state index >= 15 is 0 Å². The Morgan fingerprint density at radius 1 is 1.41 bits per heavy atom. The highest BCUT2D eigenvalue weighted by Crippen LogP contribution is 2.24. The van der Waals surface area contributed by atoms with Crippen molar-refractivity contribution in [1.29, 1.82) is 0 Å². The minimum absolute atomic E-state index is 0. The van der Waals surface area contributed by atoms with Crippen molar-refractivity contribution in [2.24, 2.45) is 16.6 Å². The second kappa shape index (κ2) is 13.0. The van der Waals surface area contributed by atoms with Crippen LogP contribution in [0.2, 0.25) is 0 Å². The van der Waals surface area contributed by atoms with Gasteiger partial charge < -0.3 is 21.3 Å². The largest absolute Gasteiger partial charge is 0.369 e. The zero-order chi connectivity index (χ0) is 18.8. The number of aliphatic imine (C=N–C) groups is 1. The first kappa shape index (κ1) is 23.8. The minimum Gasteiger partial charge on any atom is -0.369 e. The van der Waals surface area contributed by atoms with Crippen molar-refractivity contribution in [3.05, 3.63) is 23.9 Å². The van der Waals surface area contributed by atoms with Crippen molar-refractivity contribution in [3.8, 4) is 0 Å². The summed E-state index contributed by atoms with van der Waals surface area (Å²) in [5.41, 5.74) is 6.52. The van der Waals surface area contributed by atoms with Crippen LogP contribution in [0, 0.1) is 5.92 Å². The number of carbonyl (C=O) groups is 1. The van der Waals surface area contributed by atoms with E-state index in [1.807, 2.05) is 12.3 Å². The number of nitrogens with one attached hydrogen (secondary N) is 2. The molecule has 1 aliphatic rings. The van der Waals surface area contributed by atoms with Crippen LogP contribution in [0.15, 0.2) is 23.3 Å². The summed E-state index contributed by atoms with van der Waals surface area (Å²) in [6.07, 6.45) is 5.47. The van der Waals surface area contributed by atoms with Gasteiger partial charge in [-0.15, -0.1) is 24.0 Å². The van der Waals surface area contributed by atoms with Gasteiger partial charge in [0.1, 0.15) is 5.82 Å². The molecule has 2 heterocycles. The first-order chi connectivity index (χ1) is 12.7. The SMILES string of the molecule is CCNC(=NCc1cccnc1N1CCC(C(N)=O)CC1)NCCSC.I. The van der Waals surface area contributed by atoms with E-state index in [9.17, 15) is 4.79 Å². The van der Waals surface area contributed by atoms with Gasteiger partial charge in [0, 0.05) is 49.6 Å². The van der Waals surface area contributed by atoms with E-state index in [2.05, 4.69) is 39.8 Å². The monoisotopic (exact) mass is 506 g/mol. The van der Waals surface area contributed by atoms with Gasteiger partial charge in [0.25, 0.3) is 0 Å². The summed E-state index contributed by atoms with van der Waals surface area (Å²) in [7, 11) is 0. The second-order valence-electron chi connectivity index (χ2n) is 6.26. The zero-order valence-electron chi connectivity index (χ0n) is 16.1. The van der Waals surface area contributed by atoms with E-state index in [0.29, 0.717) is 6.54 Å². The number of nitrogens with two attached hydrogens (primary N) is 1. The maximum atomic E-state index is 11.4. The Hall–Kier alpha value is -1.23. The summed E-state index contributed by atoms with van der Waals surface area (Å²) in [5.74, 6) is 2.61. The van der Waals surface area contributed by atoms with Crippen LogP contribution in [0.25, 0.3) is 0 Å². The fourth-order valence-corrected chi connectivity index (χ4v) is 3.30. The van der Waals surface area contributed by atoms with Crippen LogP contribution in [0.4, 0.5) is 5.82 Å². The van der Waals surface area contributed by atoms with Crippen LogP contribution >= 0.6 is 35.7 Å². The maximum Gasteiger partial charge on any atom is 0.220 e. The summed E-state index contributed by atoms with van der Waals surface area (Å²) < 4.78 is 0. The molecule has 1 saturated heterocycles. The Morgan fingerprint density at radius 3 is 2.78 bits per heavy atom. The van der Waals surface area contributed by atoms with Crippen molar-refractivity contribution in [2.45, 2.75) is 26.3 Å². The summed E-state index contributed by atoms with van der Waals surface area (Å²) in [5, 5.41) is 6.62. The van der Waals surface area contributed by atoms with E-state index in [0.717, 1.165) is 62.1 Å². The van der Waals surface area contributed by atoms with E-state index in [1.165, 1.54) is 0 Å². The number of pyridine rings is 1. The fourth-order valence-electron chi connectivity index (χ4n) is 2.99. The van der Waals surface area contributed by atoms with Gasteiger partial charge >= 0.3 is 0 Å². The summed E-state index contributed by atoms with van der Waals surface area (Å²) in [6.45, 7) is 5.93. The quantitative estimate of drug-likeness (QED) is 0.216. The molecule has 0 spiro atoms. The molecule has 0 radical (unpaired) electrons. The lowest BCUT2D eigenvalue weighted by atomic mass is 9.96. The molecule has 152 valence electrons. The number of hydrogen-bond acceptors (Lipinski definition) is 5. The molecule has 0 saturated carbocycles. The first-order valence-corrected chi connectivity index (χ1v) is 10.5. The number of aromatic nitrogens is 1. The van der Waals surface area contributed by atoms with Gasteiger partial charge in [-0.25, -0.2) is 9.98 Å². The lowest BCUT2D eigenvalue weighted by molar-refractivity contribution is -0.122. The molecule has 1 fully saturated rings. The topological polar surface area (TPSA) is 95.6 Å². The van der Waals surface area contributed by atoms with Crippen molar-refractivity contribution < 1.29 is 4.79 Å². The summed E-state index contributed by atoms with van der Waals surface area (Å²) >= 11 is 1.80. The average molecular weight is 506 g/mol. The molecule has 0 bridgehead atoms. The smallest absolute Gasteiger partial charge is 0.220 e. The molecule has 1 aliphatic heterocycles. The van der Waals surface area contributed by atoms with Gasteiger partial charge in [0.15, 0.2) is 5.96 Å². The second-order valence-corrected chi connectivity index (χ2v) is 7.25. The molecule has 0 unspecified atom stereocenters. The minimum atomic E-state index is -0.193. The number of piperidine rings is 1. The molecule has 0 atom stereocenters. The van der Waals surface area contributed by atoms with Gasteiger partial charge in [-0.05, 0) is 32.1 Å². The van der Waals surface area contributed by atoms with Crippen LogP contribution in [-0.4, -0.2) is 55.0 Å². The first-order valence-electron chi connectivity index (χ1n) is 9.15. The predicted octanol–water partition coefficient (Wildman–Crippen LogP) is 1.82. The number of nitrogens with zero attached hydrogens (tertiary/aromatic N) is 3. The number of halogens is 1. The van der Waals surface area contributed by atoms with Crippen molar-refractivity contribution in [3.63, 3.8) is 0 Å². The number of primary amides is 1. The highest BCUT2D eigenvalue weighted by molar-refractivity contribution is 14.0. The highest BCUT2D eigenvalue weighted by atomic mass is 127. The van der Waals surface area contributed by atoms with E-state index in [-0.39, 0.29) is 35.8 Å². The molecule has 9 heteroatoms. The van der Waals surface area contributed by atoms with Gasteiger partial charge in [0.05, 0.1) is 6.54 Å². The van der Waals surface area contributed by atoms with Crippen LogP contribution in [-0.2, 0) is 11.3 Å². The molecule has 0 aliphatic carbocycles. The predicted molar refractivity (Wildman–Crippen MR) is 125 cm³/mol. The molecule has 1 aromatic rings. The van der Waals surface area contributed by atoms with E-state index in [4.69, 9.17) is 10.7 Å². The van der Waals surface area contributed by atoms with Crippen LogP contribution < -0.4 is 21.3 Å². The van der Waals surface area contributed by atoms with Crippen molar-refractivity contribution in [1.82, 2.24) is 15.6 Å². The number of thioether (sulfide) groups is 1. The number of carbonyl (C=O) groups excluding carboxylic acids is 1. The Bertz CT molecular complexity index is 607. The third kappa shape index (κ3) is 7.73. The average Bonchev–Trinajstić information content (AvgIpc) is 2.66. The third-order valence-electron chi connectivity index (χ3n) is 4.41. The maximum absolute atomic E-state index is 11.4. The highest BCUT2D eigenvalue weighted by Gasteiger charge is 2.24. The molecule has 27 heavy (non-hydrogen) atoms. The standard InChI is InChI=1S/C18H30N6OS.HI/c1-3-20-18(22-9-12-26-2)23-13-15-5-4-8-21-17(15)24-10-6-14(7-11-24)16(19)25;/h4-5,8,14H,3,6-7,9-13H2,1-2H3,(H2,19,25)(H2,20,22,23);1H. The number of rotatable bonds is 8. The van der Waals surface area contributed by atoms with Crippen LogP contribution in [0.3, 0.4) is 0 Å². The molecule has 0 aromatic carbocycles. The number of amides is 1. The van der Waals surface area contributed by atoms with E-state index < -0.39 is 0 Å². The number of anilines is 1. The number of hydrogen-bond donors (Lipinski definition) is 3. The third-order valence-corrected chi connectivity index (χ3v) is 5.03. The molecule has 1 amide bonds. The zero-order valence-corrected chi connectivity index (χ0v) is 19.3. The van der Waals surface area contributed by atoms with Crippen molar-refractivity contribution >= 4 is 53.4 Å². The Balaban J connectivity index is 0.00000364.